The fourth-order valence-electron chi connectivity index (χ4n) is 4.61. The summed E-state index contributed by atoms with van der Waals surface area (Å²) >= 11 is 7.15. The van der Waals surface area contributed by atoms with Crippen LogP contribution in [0.3, 0.4) is 0 Å². The molecule has 0 spiro atoms. The monoisotopic (exact) mass is 568 g/mol. The molecular formula is C30H33ClN2O5S. The Bertz CT molecular complexity index is 1270. The second kappa shape index (κ2) is 13.7. The van der Waals surface area contributed by atoms with E-state index in [1.54, 1.807) is 23.1 Å². The van der Waals surface area contributed by atoms with Crippen molar-refractivity contribution >= 4 is 46.5 Å². The summed E-state index contributed by atoms with van der Waals surface area (Å²) in [5.74, 6) is 0.443. The minimum atomic E-state index is -0.463. The van der Waals surface area contributed by atoms with Crippen molar-refractivity contribution < 1.29 is 23.9 Å². The van der Waals surface area contributed by atoms with Crippen molar-refractivity contribution in [1.29, 1.82) is 0 Å². The van der Waals surface area contributed by atoms with E-state index >= 15 is 0 Å². The molecule has 2 fully saturated rings. The topological polar surface area (TPSA) is 76.2 Å². The van der Waals surface area contributed by atoms with E-state index in [0.29, 0.717) is 48.2 Å². The second-order valence-electron chi connectivity index (χ2n) is 9.38. The van der Waals surface area contributed by atoms with E-state index in [-0.39, 0.29) is 24.0 Å². The van der Waals surface area contributed by atoms with Gasteiger partial charge < -0.3 is 14.4 Å². The summed E-state index contributed by atoms with van der Waals surface area (Å²) in [7, 11) is 0. The van der Waals surface area contributed by atoms with Crippen molar-refractivity contribution in [3.8, 4) is 11.5 Å². The summed E-state index contributed by atoms with van der Waals surface area (Å²) in [6.45, 7) is 7.52. The number of carbonyl (C=O) groups is 3. The fourth-order valence-corrected chi connectivity index (χ4v) is 5.64. The standard InChI is InChI=1S/C30H33ClN2O5S/c1-3-11-22-16-21(17-25(37-4-2)28(22)38-20-23-12-7-8-13-24(23)31)18-26-29(35)33(30(36)39-26)19-27(34)32-14-9-5-6-10-15-32/h3,7-8,12-13,16-18H,1,4-6,9-11,14-15,19-20H2,2H3. The first-order valence-electron chi connectivity index (χ1n) is 13.2. The number of amides is 3. The van der Waals surface area contributed by atoms with Gasteiger partial charge in [-0.2, -0.15) is 0 Å². The van der Waals surface area contributed by atoms with Crippen molar-refractivity contribution in [3.05, 3.63) is 75.7 Å². The second-order valence-corrected chi connectivity index (χ2v) is 10.8. The van der Waals surface area contributed by atoms with E-state index in [4.69, 9.17) is 21.1 Å². The number of hydrogen-bond donors (Lipinski definition) is 0. The number of likely N-dealkylation sites (tertiary alicyclic amines) is 1. The van der Waals surface area contributed by atoms with E-state index < -0.39 is 11.1 Å². The molecule has 0 aliphatic carbocycles. The van der Waals surface area contributed by atoms with Crippen molar-refractivity contribution in [2.75, 3.05) is 26.2 Å². The van der Waals surface area contributed by atoms with Crippen LogP contribution < -0.4 is 9.47 Å². The minimum absolute atomic E-state index is 0.188. The molecule has 2 aliphatic heterocycles. The highest BCUT2D eigenvalue weighted by molar-refractivity contribution is 8.18. The number of benzene rings is 2. The molecule has 9 heteroatoms. The van der Waals surface area contributed by atoms with Crippen molar-refractivity contribution in [3.63, 3.8) is 0 Å². The largest absolute Gasteiger partial charge is 0.490 e. The van der Waals surface area contributed by atoms with Gasteiger partial charge in [0.25, 0.3) is 11.1 Å². The zero-order chi connectivity index (χ0) is 27.8. The van der Waals surface area contributed by atoms with Crippen LogP contribution in [0.2, 0.25) is 5.02 Å². The van der Waals surface area contributed by atoms with Crippen LogP contribution in [0, 0.1) is 0 Å². The number of rotatable bonds is 10. The van der Waals surface area contributed by atoms with Gasteiger partial charge in [0.15, 0.2) is 11.5 Å². The van der Waals surface area contributed by atoms with Crippen LogP contribution >= 0.6 is 23.4 Å². The lowest BCUT2D eigenvalue weighted by Crippen LogP contribution is -2.42. The van der Waals surface area contributed by atoms with E-state index in [9.17, 15) is 14.4 Å². The SMILES string of the molecule is C=CCc1cc(C=C2SC(=O)N(CC(=O)N3CCCCCC3)C2=O)cc(OCC)c1OCc1ccccc1Cl. The number of allylic oxidation sites excluding steroid dienone is 1. The molecule has 0 saturated carbocycles. The number of halogens is 1. The molecule has 0 radical (unpaired) electrons. The van der Waals surface area contributed by atoms with Gasteiger partial charge in [0.05, 0.1) is 11.5 Å². The Hall–Kier alpha value is -3.23. The van der Waals surface area contributed by atoms with E-state index in [0.717, 1.165) is 53.5 Å². The quantitative estimate of drug-likeness (QED) is 0.241. The van der Waals surface area contributed by atoms with Crippen molar-refractivity contribution in [1.82, 2.24) is 9.80 Å². The zero-order valence-corrected chi connectivity index (χ0v) is 23.7. The average molecular weight is 569 g/mol. The molecule has 2 aromatic carbocycles. The maximum Gasteiger partial charge on any atom is 0.294 e. The molecule has 0 unspecified atom stereocenters. The molecule has 0 bridgehead atoms. The summed E-state index contributed by atoms with van der Waals surface area (Å²) in [6, 6.07) is 11.2. The Kier molecular flexibility index (Phi) is 10.1. The van der Waals surface area contributed by atoms with E-state index in [1.807, 2.05) is 37.3 Å². The van der Waals surface area contributed by atoms with Crippen LogP contribution in [0.15, 0.2) is 54.0 Å². The highest BCUT2D eigenvalue weighted by Gasteiger charge is 2.37. The van der Waals surface area contributed by atoms with Crippen LogP contribution in [-0.2, 0) is 22.6 Å². The summed E-state index contributed by atoms with van der Waals surface area (Å²) in [5, 5.41) is 0.174. The molecule has 7 nitrogen and oxygen atoms in total. The van der Waals surface area contributed by atoms with E-state index in [1.165, 1.54) is 0 Å². The average Bonchev–Trinajstić information content (AvgIpc) is 3.10. The molecule has 4 rings (SSSR count). The number of imide groups is 1. The molecule has 0 atom stereocenters. The highest BCUT2D eigenvalue weighted by Crippen LogP contribution is 2.38. The van der Waals surface area contributed by atoms with Crippen LogP contribution in [-0.4, -0.2) is 53.1 Å². The van der Waals surface area contributed by atoms with Gasteiger partial charge in [0, 0.05) is 29.2 Å². The highest BCUT2D eigenvalue weighted by atomic mass is 35.5. The molecule has 2 heterocycles. The van der Waals surface area contributed by atoms with Gasteiger partial charge in [0.1, 0.15) is 13.2 Å². The Labute approximate surface area is 238 Å². The van der Waals surface area contributed by atoms with Gasteiger partial charge in [-0.1, -0.05) is 48.7 Å². The minimum Gasteiger partial charge on any atom is -0.490 e. The molecule has 39 heavy (non-hydrogen) atoms. The Morgan fingerprint density at radius 2 is 1.82 bits per heavy atom. The van der Waals surface area contributed by atoms with Crippen molar-refractivity contribution in [2.24, 2.45) is 0 Å². The summed E-state index contributed by atoms with van der Waals surface area (Å²) in [4.78, 5) is 41.7. The van der Waals surface area contributed by atoms with Gasteiger partial charge >= 0.3 is 0 Å². The van der Waals surface area contributed by atoms with Crippen LogP contribution in [0.1, 0.15) is 49.3 Å². The number of nitrogens with zero attached hydrogens (tertiary/aromatic N) is 2. The Balaban J connectivity index is 1.56. The number of thioether (sulfide) groups is 1. The third kappa shape index (κ3) is 7.25. The Morgan fingerprint density at radius 1 is 1.08 bits per heavy atom. The third-order valence-corrected chi connectivity index (χ3v) is 7.85. The van der Waals surface area contributed by atoms with Gasteiger partial charge in [-0.3, -0.25) is 19.3 Å². The van der Waals surface area contributed by atoms with Gasteiger partial charge in [0.2, 0.25) is 5.91 Å². The zero-order valence-electron chi connectivity index (χ0n) is 22.1. The van der Waals surface area contributed by atoms with Crippen molar-refractivity contribution in [2.45, 2.75) is 45.6 Å². The van der Waals surface area contributed by atoms with Crippen LogP contribution in [0.25, 0.3) is 6.08 Å². The molecule has 0 aromatic heterocycles. The first-order chi connectivity index (χ1) is 18.9. The summed E-state index contributed by atoms with van der Waals surface area (Å²) in [5.41, 5.74) is 2.35. The maximum absolute atomic E-state index is 13.1. The molecule has 0 N–H and O–H groups in total. The van der Waals surface area contributed by atoms with E-state index in [2.05, 4.69) is 6.58 Å². The predicted octanol–water partition coefficient (Wildman–Crippen LogP) is 6.49. The first-order valence-corrected chi connectivity index (χ1v) is 14.4. The lowest BCUT2D eigenvalue weighted by molar-refractivity contribution is -0.135. The molecule has 2 aromatic rings. The molecule has 2 saturated heterocycles. The lowest BCUT2D eigenvalue weighted by atomic mass is 10.0. The van der Waals surface area contributed by atoms with Crippen LogP contribution in [0.5, 0.6) is 11.5 Å². The van der Waals surface area contributed by atoms with Crippen LogP contribution in [0.4, 0.5) is 4.79 Å². The smallest absolute Gasteiger partial charge is 0.294 e. The third-order valence-electron chi connectivity index (χ3n) is 6.57. The Morgan fingerprint density at radius 3 is 2.51 bits per heavy atom. The van der Waals surface area contributed by atoms with Gasteiger partial charge in [-0.05, 0) is 67.8 Å². The maximum atomic E-state index is 13.1. The number of hydrogen-bond acceptors (Lipinski definition) is 6. The molecule has 206 valence electrons. The van der Waals surface area contributed by atoms with Gasteiger partial charge in [-0.25, -0.2) is 0 Å². The molecule has 2 aliphatic rings. The first kappa shape index (κ1) is 28.8. The summed E-state index contributed by atoms with van der Waals surface area (Å²) in [6.07, 6.45) is 8.01. The predicted molar refractivity (Wildman–Crippen MR) is 155 cm³/mol. The fraction of sp³-hybridized carbons (Fsp3) is 0.367. The molecule has 3 amide bonds. The summed E-state index contributed by atoms with van der Waals surface area (Å²) < 4.78 is 12.1. The van der Waals surface area contributed by atoms with Gasteiger partial charge in [-0.15, -0.1) is 6.58 Å². The number of carbonyl (C=O) groups excluding carboxylic acids is 3. The number of ether oxygens (including phenoxy) is 2. The molecular weight excluding hydrogens is 536 g/mol. The normalized spacial score (nSPS) is 16.9. The lowest BCUT2D eigenvalue weighted by Gasteiger charge is -2.22.